The van der Waals surface area contributed by atoms with E-state index in [2.05, 4.69) is 15.9 Å². The quantitative estimate of drug-likeness (QED) is 0.512. The van der Waals surface area contributed by atoms with Crippen LogP contribution in [0.1, 0.15) is 12.0 Å². The van der Waals surface area contributed by atoms with Crippen LogP contribution in [0.4, 0.5) is 0 Å². The van der Waals surface area contributed by atoms with E-state index >= 15 is 0 Å². The summed E-state index contributed by atoms with van der Waals surface area (Å²) >= 11 is 9.30. The molecule has 0 unspecified atom stereocenters. The number of hydrogen-bond acceptors (Lipinski definition) is 2. The van der Waals surface area contributed by atoms with Gasteiger partial charge in [-0.25, -0.2) is 0 Å². The van der Waals surface area contributed by atoms with Crippen molar-refractivity contribution >= 4 is 27.5 Å². The molecule has 2 aromatic carbocycles. The Bertz CT molecular complexity index is 531. The Labute approximate surface area is 132 Å². The van der Waals surface area contributed by atoms with Gasteiger partial charge in [0.2, 0.25) is 0 Å². The van der Waals surface area contributed by atoms with E-state index in [1.807, 2.05) is 48.5 Å². The fourth-order valence-corrected chi connectivity index (χ4v) is 2.47. The maximum Gasteiger partial charge on any atom is 0.119 e. The van der Waals surface area contributed by atoms with Crippen molar-refractivity contribution in [2.24, 2.45) is 0 Å². The Morgan fingerprint density at radius 3 is 2.30 bits per heavy atom. The molecule has 0 aliphatic carbocycles. The van der Waals surface area contributed by atoms with Crippen LogP contribution in [0.25, 0.3) is 0 Å². The van der Waals surface area contributed by atoms with Crippen molar-refractivity contribution < 1.29 is 9.47 Å². The summed E-state index contributed by atoms with van der Waals surface area (Å²) in [6.45, 7) is 1.26. The SMILES string of the molecule is ClCc1cc(OCCCOc2ccccc2)ccc1Br. The summed E-state index contributed by atoms with van der Waals surface area (Å²) in [5.74, 6) is 2.19. The normalized spacial score (nSPS) is 10.3. The number of rotatable bonds is 7. The zero-order valence-corrected chi connectivity index (χ0v) is 13.4. The zero-order chi connectivity index (χ0) is 14.2. The van der Waals surface area contributed by atoms with Crippen LogP contribution in [0.15, 0.2) is 53.0 Å². The standard InChI is InChI=1S/C16H16BrClO2/c17-16-8-7-15(11-13(16)12-18)20-10-4-9-19-14-5-2-1-3-6-14/h1-3,5-8,11H,4,9-10,12H2. The van der Waals surface area contributed by atoms with Crippen LogP contribution in [-0.2, 0) is 5.88 Å². The summed E-state index contributed by atoms with van der Waals surface area (Å²) in [7, 11) is 0. The van der Waals surface area contributed by atoms with Crippen LogP contribution < -0.4 is 9.47 Å². The summed E-state index contributed by atoms with van der Waals surface area (Å²) < 4.78 is 12.3. The first-order chi connectivity index (χ1) is 9.79. The molecule has 0 aliphatic rings. The van der Waals surface area contributed by atoms with Crippen LogP contribution in [0.2, 0.25) is 0 Å². The van der Waals surface area contributed by atoms with Crippen molar-refractivity contribution in [3.63, 3.8) is 0 Å². The van der Waals surface area contributed by atoms with Crippen LogP contribution in [0.3, 0.4) is 0 Å². The lowest BCUT2D eigenvalue weighted by Crippen LogP contribution is -2.05. The van der Waals surface area contributed by atoms with Gasteiger partial charge in [0, 0.05) is 16.8 Å². The summed E-state index contributed by atoms with van der Waals surface area (Å²) in [6.07, 6.45) is 0.834. The first-order valence-corrected chi connectivity index (χ1v) is 7.77. The maximum absolute atomic E-state index is 5.85. The lowest BCUT2D eigenvalue weighted by molar-refractivity contribution is 0.247. The Morgan fingerprint density at radius 1 is 0.900 bits per heavy atom. The Hall–Kier alpha value is -1.19. The van der Waals surface area contributed by atoms with Crippen molar-refractivity contribution in [2.45, 2.75) is 12.3 Å². The topological polar surface area (TPSA) is 18.5 Å². The summed E-state index contributed by atoms with van der Waals surface area (Å²) in [4.78, 5) is 0. The molecule has 0 amide bonds. The van der Waals surface area contributed by atoms with Gasteiger partial charge < -0.3 is 9.47 Å². The number of ether oxygens (including phenoxy) is 2. The van der Waals surface area contributed by atoms with Gasteiger partial charge in [0.25, 0.3) is 0 Å². The molecule has 2 nitrogen and oxygen atoms in total. The van der Waals surface area contributed by atoms with Crippen molar-refractivity contribution in [3.05, 3.63) is 58.6 Å². The number of halogens is 2. The van der Waals surface area contributed by atoms with E-state index in [4.69, 9.17) is 21.1 Å². The van der Waals surface area contributed by atoms with Gasteiger partial charge in [-0.05, 0) is 35.9 Å². The first kappa shape index (κ1) is 15.2. The van der Waals surface area contributed by atoms with E-state index in [0.29, 0.717) is 19.1 Å². The molecule has 0 fully saturated rings. The van der Waals surface area contributed by atoms with Crippen molar-refractivity contribution in [3.8, 4) is 11.5 Å². The van der Waals surface area contributed by atoms with E-state index in [9.17, 15) is 0 Å². The van der Waals surface area contributed by atoms with Crippen molar-refractivity contribution in [1.82, 2.24) is 0 Å². The molecule has 0 atom stereocenters. The van der Waals surface area contributed by atoms with E-state index in [-0.39, 0.29) is 0 Å². The molecule has 0 bridgehead atoms. The molecule has 0 aromatic heterocycles. The molecule has 0 saturated carbocycles. The van der Waals surface area contributed by atoms with Crippen LogP contribution >= 0.6 is 27.5 Å². The maximum atomic E-state index is 5.85. The van der Waals surface area contributed by atoms with Crippen LogP contribution in [0.5, 0.6) is 11.5 Å². The minimum atomic E-state index is 0.467. The molecule has 0 aliphatic heterocycles. The van der Waals surface area contributed by atoms with Crippen LogP contribution in [0, 0.1) is 0 Å². The molecule has 0 radical (unpaired) electrons. The summed E-state index contributed by atoms with van der Waals surface area (Å²) in [5.41, 5.74) is 1.03. The Balaban J connectivity index is 1.71. The lowest BCUT2D eigenvalue weighted by atomic mass is 10.2. The third kappa shape index (κ3) is 4.73. The molecule has 2 rings (SSSR count). The zero-order valence-electron chi connectivity index (χ0n) is 11.0. The Morgan fingerprint density at radius 2 is 1.60 bits per heavy atom. The molecular formula is C16H16BrClO2. The van der Waals surface area contributed by atoms with Gasteiger partial charge in [0.15, 0.2) is 0 Å². The fourth-order valence-electron chi connectivity index (χ4n) is 1.70. The second-order valence-electron chi connectivity index (χ2n) is 4.25. The van der Waals surface area contributed by atoms with Gasteiger partial charge in [-0.2, -0.15) is 0 Å². The van der Waals surface area contributed by atoms with Crippen molar-refractivity contribution in [1.29, 1.82) is 0 Å². The molecule has 4 heteroatoms. The minimum absolute atomic E-state index is 0.467. The van der Waals surface area contributed by atoms with Gasteiger partial charge in [0.05, 0.1) is 13.2 Å². The van der Waals surface area contributed by atoms with E-state index in [1.165, 1.54) is 0 Å². The summed E-state index contributed by atoms with van der Waals surface area (Å²) in [5, 5.41) is 0. The number of hydrogen-bond donors (Lipinski definition) is 0. The molecular weight excluding hydrogens is 340 g/mol. The van der Waals surface area contributed by atoms with Gasteiger partial charge >= 0.3 is 0 Å². The highest BCUT2D eigenvalue weighted by Gasteiger charge is 2.01. The predicted octanol–water partition coefficient (Wildman–Crippen LogP) is 5.04. The molecule has 2 aromatic rings. The second kappa shape index (κ2) is 8.18. The smallest absolute Gasteiger partial charge is 0.119 e. The number of alkyl halides is 1. The van der Waals surface area contributed by atoms with Crippen LogP contribution in [-0.4, -0.2) is 13.2 Å². The molecule has 0 N–H and O–H groups in total. The highest BCUT2D eigenvalue weighted by molar-refractivity contribution is 9.10. The van der Waals surface area contributed by atoms with Gasteiger partial charge in [-0.1, -0.05) is 34.1 Å². The van der Waals surface area contributed by atoms with E-state index < -0.39 is 0 Å². The van der Waals surface area contributed by atoms with E-state index in [1.54, 1.807) is 0 Å². The average molecular weight is 356 g/mol. The number of para-hydroxylation sites is 1. The number of benzene rings is 2. The average Bonchev–Trinajstić information content (AvgIpc) is 2.49. The fraction of sp³-hybridized carbons (Fsp3) is 0.250. The predicted molar refractivity (Wildman–Crippen MR) is 85.7 cm³/mol. The van der Waals surface area contributed by atoms with Crippen molar-refractivity contribution in [2.75, 3.05) is 13.2 Å². The van der Waals surface area contributed by atoms with Gasteiger partial charge in [-0.3, -0.25) is 0 Å². The highest BCUT2D eigenvalue weighted by Crippen LogP contribution is 2.24. The molecule has 0 spiro atoms. The van der Waals surface area contributed by atoms with Gasteiger partial charge in [0.1, 0.15) is 11.5 Å². The van der Waals surface area contributed by atoms with Gasteiger partial charge in [-0.15, -0.1) is 11.6 Å². The second-order valence-corrected chi connectivity index (χ2v) is 5.37. The molecule has 0 saturated heterocycles. The third-order valence-electron chi connectivity index (χ3n) is 2.73. The first-order valence-electron chi connectivity index (χ1n) is 6.44. The highest BCUT2D eigenvalue weighted by atomic mass is 79.9. The largest absolute Gasteiger partial charge is 0.493 e. The monoisotopic (exact) mass is 354 g/mol. The molecule has 106 valence electrons. The lowest BCUT2D eigenvalue weighted by Gasteiger charge is -2.09. The Kier molecular flexibility index (Phi) is 6.22. The third-order valence-corrected chi connectivity index (χ3v) is 3.79. The molecule has 20 heavy (non-hydrogen) atoms. The minimum Gasteiger partial charge on any atom is -0.493 e. The summed E-state index contributed by atoms with van der Waals surface area (Å²) in [6, 6.07) is 15.6. The van der Waals surface area contributed by atoms with E-state index in [0.717, 1.165) is 28.0 Å². The molecule has 0 heterocycles.